The zero-order valence-electron chi connectivity index (χ0n) is 12.0. The molecule has 0 amide bonds. The molecule has 0 saturated carbocycles. The van der Waals surface area contributed by atoms with Gasteiger partial charge in [-0.05, 0) is 42.8 Å². The molecular weight excluding hydrogens is 288 g/mol. The third-order valence-corrected chi connectivity index (χ3v) is 4.34. The molecule has 1 aromatic heterocycles. The number of hydrogen-bond donors (Lipinski definition) is 2. The van der Waals surface area contributed by atoms with Crippen LogP contribution in [0.1, 0.15) is 25.5 Å². The van der Waals surface area contributed by atoms with Gasteiger partial charge in [0.2, 0.25) is 10.0 Å². The summed E-state index contributed by atoms with van der Waals surface area (Å²) in [7, 11) is -3.24. The zero-order chi connectivity index (χ0) is 15.1. The fourth-order valence-corrected chi connectivity index (χ4v) is 3.09. The number of furan rings is 1. The molecule has 0 aliphatic heterocycles. The van der Waals surface area contributed by atoms with E-state index < -0.39 is 10.0 Å². The van der Waals surface area contributed by atoms with Gasteiger partial charge in [0, 0.05) is 11.4 Å². The summed E-state index contributed by atoms with van der Waals surface area (Å²) in [6, 6.07) is 10.9. The van der Waals surface area contributed by atoms with Crippen molar-refractivity contribution in [3.8, 4) is 0 Å². The Morgan fingerprint density at radius 2 is 1.81 bits per heavy atom. The summed E-state index contributed by atoms with van der Waals surface area (Å²) in [5.74, 6) is 1.00. The second-order valence-corrected chi connectivity index (χ2v) is 6.63. The van der Waals surface area contributed by atoms with Crippen LogP contribution in [0.15, 0.2) is 47.1 Å². The first-order valence-corrected chi connectivity index (χ1v) is 8.61. The Morgan fingerprint density at radius 3 is 2.43 bits per heavy atom. The minimum atomic E-state index is -3.24. The number of rotatable bonds is 8. The maximum absolute atomic E-state index is 11.8. The van der Waals surface area contributed by atoms with Crippen molar-refractivity contribution in [3.05, 3.63) is 48.4 Å². The molecule has 0 aliphatic rings. The highest BCUT2D eigenvalue weighted by Gasteiger charge is 2.09. The van der Waals surface area contributed by atoms with Crippen LogP contribution in [0.3, 0.4) is 0 Å². The van der Waals surface area contributed by atoms with Crippen molar-refractivity contribution in [1.82, 2.24) is 0 Å². The van der Waals surface area contributed by atoms with Crippen LogP contribution in [0, 0.1) is 0 Å². The lowest BCUT2D eigenvalue weighted by Gasteiger charge is -2.09. The van der Waals surface area contributed by atoms with E-state index in [4.69, 9.17) is 4.42 Å². The van der Waals surface area contributed by atoms with Crippen molar-refractivity contribution in [2.24, 2.45) is 0 Å². The van der Waals surface area contributed by atoms with Crippen molar-refractivity contribution < 1.29 is 12.8 Å². The summed E-state index contributed by atoms with van der Waals surface area (Å²) in [6.45, 7) is 2.56. The maximum Gasteiger partial charge on any atom is 0.232 e. The smallest absolute Gasteiger partial charge is 0.232 e. The molecule has 0 bridgehead atoms. The molecule has 0 atom stereocenters. The summed E-state index contributed by atoms with van der Waals surface area (Å²) in [5.41, 5.74) is 1.48. The van der Waals surface area contributed by atoms with Crippen molar-refractivity contribution >= 4 is 21.4 Å². The molecule has 0 unspecified atom stereocenters. The molecule has 6 heteroatoms. The van der Waals surface area contributed by atoms with Crippen LogP contribution in [0.5, 0.6) is 0 Å². The first kappa shape index (κ1) is 15.4. The van der Waals surface area contributed by atoms with Crippen LogP contribution in [0.25, 0.3) is 0 Å². The van der Waals surface area contributed by atoms with E-state index in [1.165, 1.54) is 0 Å². The SMILES string of the molecule is CCCCS(=O)(=O)Nc1ccc(NCc2ccco2)cc1. The molecule has 0 fully saturated rings. The standard InChI is InChI=1S/C15H20N2O3S/c1-2-3-11-21(18,19)17-14-8-6-13(7-9-14)16-12-15-5-4-10-20-15/h4-10,16-17H,2-3,11-12H2,1H3. The molecule has 1 heterocycles. The summed E-state index contributed by atoms with van der Waals surface area (Å²) in [5, 5.41) is 3.20. The molecule has 0 spiro atoms. The van der Waals surface area contributed by atoms with E-state index in [9.17, 15) is 8.42 Å². The van der Waals surface area contributed by atoms with Gasteiger partial charge in [-0.2, -0.15) is 0 Å². The van der Waals surface area contributed by atoms with Gasteiger partial charge in [0.1, 0.15) is 5.76 Å². The maximum atomic E-state index is 11.8. The second kappa shape index (κ2) is 7.17. The molecule has 2 rings (SSSR count). The van der Waals surface area contributed by atoms with Gasteiger partial charge in [-0.3, -0.25) is 4.72 Å². The lowest BCUT2D eigenvalue weighted by Crippen LogP contribution is -2.16. The molecule has 2 N–H and O–H groups in total. The van der Waals surface area contributed by atoms with Gasteiger partial charge in [0.25, 0.3) is 0 Å². The fraction of sp³-hybridized carbons (Fsp3) is 0.333. The number of nitrogens with one attached hydrogen (secondary N) is 2. The molecule has 114 valence electrons. The molecular formula is C15H20N2O3S. The van der Waals surface area contributed by atoms with Gasteiger partial charge >= 0.3 is 0 Å². The predicted octanol–water partition coefficient (Wildman–Crippen LogP) is 3.43. The summed E-state index contributed by atoms with van der Waals surface area (Å²) >= 11 is 0. The van der Waals surface area contributed by atoms with E-state index in [1.54, 1.807) is 18.4 Å². The minimum absolute atomic E-state index is 0.155. The fourth-order valence-electron chi connectivity index (χ4n) is 1.82. The highest BCUT2D eigenvalue weighted by Crippen LogP contribution is 2.16. The van der Waals surface area contributed by atoms with Gasteiger partial charge in [0.05, 0.1) is 18.6 Å². The summed E-state index contributed by atoms with van der Waals surface area (Å²) in [4.78, 5) is 0. The number of sulfonamides is 1. The Kier molecular flexibility index (Phi) is 5.27. The molecule has 21 heavy (non-hydrogen) atoms. The van der Waals surface area contributed by atoms with Gasteiger partial charge in [-0.1, -0.05) is 13.3 Å². The first-order chi connectivity index (χ1) is 10.1. The number of hydrogen-bond acceptors (Lipinski definition) is 4. The van der Waals surface area contributed by atoms with E-state index >= 15 is 0 Å². The summed E-state index contributed by atoms with van der Waals surface area (Å²) in [6.07, 6.45) is 3.15. The first-order valence-electron chi connectivity index (χ1n) is 6.96. The highest BCUT2D eigenvalue weighted by atomic mass is 32.2. The Morgan fingerprint density at radius 1 is 1.10 bits per heavy atom. The molecule has 0 radical (unpaired) electrons. The van der Waals surface area contributed by atoms with E-state index in [0.717, 1.165) is 17.9 Å². The minimum Gasteiger partial charge on any atom is -0.467 e. The normalized spacial score (nSPS) is 11.3. The Labute approximate surface area is 125 Å². The highest BCUT2D eigenvalue weighted by molar-refractivity contribution is 7.92. The Hall–Kier alpha value is -1.95. The number of anilines is 2. The van der Waals surface area contributed by atoms with Crippen LogP contribution >= 0.6 is 0 Å². The zero-order valence-corrected chi connectivity index (χ0v) is 12.8. The van der Waals surface area contributed by atoms with Gasteiger partial charge < -0.3 is 9.73 Å². The Balaban J connectivity index is 1.89. The average molecular weight is 308 g/mol. The van der Waals surface area contributed by atoms with Crippen molar-refractivity contribution in [2.75, 3.05) is 15.8 Å². The lowest BCUT2D eigenvalue weighted by molar-refractivity contribution is 0.518. The van der Waals surface area contributed by atoms with Gasteiger partial charge in [0.15, 0.2) is 0 Å². The van der Waals surface area contributed by atoms with Crippen LogP contribution in [-0.4, -0.2) is 14.2 Å². The quantitative estimate of drug-likeness (QED) is 0.783. The molecule has 2 aromatic rings. The van der Waals surface area contributed by atoms with E-state index in [2.05, 4.69) is 10.0 Å². The van der Waals surface area contributed by atoms with Crippen LogP contribution in [-0.2, 0) is 16.6 Å². The third-order valence-electron chi connectivity index (χ3n) is 2.97. The third kappa shape index (κ3) is 5.15. The largest absolute Gasteiger partial charge is 0.467 e. The van der Waals surface area contributed by atoms with Gasteiger partial charge in [-0.25, -0.2) is 8.42 Å². The van der Waals surface area contributed by atoms with Gasteiger partial charge in [-0.15, -0.1) is 0 Å². The lowest BCUT2D eigenvalue weighted by atomic mass is 10.3. The van der Waals surface area contributed by atoms with Crippen molar-refractivity contribution in [3.63, 3.8) is 0 Å². The van der Waals surface area contributed by atoms with E-state index in [0.29, 0.717) is 18.7 Å². The Bertz CT molecular complexity index is 634. The molecule has 5 nitrogen and oxygen atoms in total. The van der Waals surface area contributed by atoms with Crippen LogP contribution in [0.4, 0.5) is 11.4 Å². The second-order valence-electron chi connectivity index (χ2n) is 4.78. The monoisotopic (exact) mass is 308 g/mol. The van der Waals surface area contributed by atoms with Crippen LogP contribution in [0.2, 0.25) is 0 Å². The van der Waals surface area contributed by atoms with Crippen molar-refractivity contribution in [1.29, 1.82) is 0 Å². The van der Waals surface area contributed by atoms with Crippen molar-refractivity contribution in [2.45, 2.75) is 26.3 Å². The predicted molar refractivity (Wildman–Crippen MR) is 84.8 cm³/mol. The summed E-state index contributed by atoms with van der Waals surface area (Å²) < 4.78 is 31.4. The molecule has 0 aliphatic carbocycles. The number of benzene rings is 1. The van der Waals surface area contributed by atoms with E-state index in [-0.39, 0.29) is 5.75 Å². The topological polar surface area (TPSA) is 71.3 Å². The molecule has 1 aromatic carbocycles. The van der Waals surface area contributed by atoms with E-state index in [1.807, 2.05) is 31.2 Å². The number of unbranched alkanes of at least 4 members (excludes halogenated alkanes) is 1. The van der Waals surface area contributed by atoms with Crippen LogP contribution < -0.4 is 10.0 Å². The average Bonchev–Trinajstić information content (AvgIpc) is 2.97. The molecule has 0 saturated heterocycles.